The number of hydrogen-bond acceptors (Lipinski definition) is 3. The number of carboxylic acid groups (broad SMARTS) is 2. The Morgan fingerprint density at radius 3 is 2.35 bits per heavy atom. The van der Waals surface area contributed by atoms with Gasteiger partial charge in [0.2, 0.25) is 0 Å². The van der Waals surface area contributed by atoms with E-state index in [0.717, 1.165) is 33.2 Å². The Labute approximate surface area is 147 Å². The van der Waals surface area contributed by atoms with Gasteiger partial charge in [0, 0.05) is 33.2 Å². The Morgan fingerprint density at radius 1 is 0.846 bits per heavy atom. The molecule has 0 fully saturated rings. The Bertz CT molecular complexity index is 1140. The molecule has 130 valence electrons. The van der Waals surface area contributed by atoms with Crippen LogP contribution < -0.4 is 5.32 Å². The van der Waals surface area contributed by atoms with Gasteiger partial charge in [-0.05, 0) is 48.5 Å². The molecule has 0 aliphatic carbocycles. The van der Waals surface area contributed by atoms with Gasteiger partial charge in [-0.1, -0.05) is 0 Å². The van der Waals surface area contributed by atoms with Crippen LogP contribution in [0, 0.1) is 0 Å². The summed E-state index contributed by atoms with van der Waals surface area (Å²) in [4.78, 5) is 28.2. The second kappa shape index (κ2) is 5.96. The molecular weight excluding hydrogens is 334 g/mol. The highest BCUT2D eigenvalue weighted by atomic mass is 16.4. The molecule has 7 nitrogen and oxygen atoms in total. The number of H-pyrrole nitrogens is 2. The number of rotatable bonds is 5. The van der Waals surface area contributed by atoms with E-state index in [1.165, 1.54) is 0 Å². The highest BCUT2D eigenvalue weighted by Gasteiger charge is 2.09. The van der Waals surface area contributed by atoms with E-state index < -0.39 is 11.9 Å². The molecule has 7 heteroatoms. The van der Waals surface area contributed by atoms with E-state index in [0.29, 0.717) is 6.54 Å². The van der Waals surface area contributed by atoms with Crippen molar-refractivity contribution < 1.29 is 19.8 Å². The molecule has 26 heavy (non-hydrogen) atoms. The quantitative estimate of drug-likeness (QED) is 0.377. The first-order valence-corrected chi connectivity index (χ1v) is 7.94. The maximum Gasteiger partial charge on any atom is 0.352 e. The summed E-state index contributed by atoms with van der Waals surface area (Å²) in [5, 5.41) is 23.0. The standard InChI is InChI=1S/C19H15N3O4/c23-18(24)10-1-3-15-11(5-10)7-14(21-15)9-20-13-2-4-16-12(6-13)8-17(22-16)19(25)26/h1-8,20-22H,9H2,(H,23,24)(H,25,26). The van der Waals surface area contributed by atoms with E-state index in [1.54, 1.807) is 24.3 Å². The lowest BCUT2D eigenvalue weighted by Gasteiger charge is -2.05. The molecule has 4 aromatic rings. The van der Waals surface area contributed by atoms with Crippen LogP contribution in [-0.4, -0.2) is 32.1 Å². The molecule has 0 radical (unpaired) electrons. The molecule has 5 N–H and O–H groups in total. The second-order valence-corrected chi connectivity index (χ2v) is 6.05. The van der Waals surface area contributed by atoms with Gasteiger partial charge in [0.15, 0.2) is 0 Å². The summed E-state index contributed by atoms with van der Waals surface area (Å²) in [6.45, 7) is 0.527. The van der Waals surface area contributed by atoms with E-state index >= 15 is 0 Å². The predicted molar refractivity (Wildman–Crippen MR) is 97.8 cm³/mol. The topological polar surface area (TPSA) is 118 Å². The zero-order chi connectivity index (χ0) is 18.3. The van der Waals surface area contributed by atoms with Crippen molar-refractivity contribution in [2.45, 2.75) is 6.54 Å². The van der Waals surface area contributed by atoms with E-state index in [9.17, 15) is 9.59 Å². The third kappa shape index (κ3) is 2.86. The maximum absolute atomic E-state index is 11.1. The van der Waals surface area contributed by atoms with Gasteiger partial charge in [0.25, 0.3) is 0 Å². The Balaban J connectivity index is 1.54. The average molecular weight is 349 g/mol. The molecule has 0 spiro atoms. The largest absolute Gasteiger partial charge is 0.478 e. The molecule has 2 heterocycles. The zero-order valence-electron chi connectivity index (χ0n) is 13.5. The number of carbonyl (C=O) groups is 2. The fraction of sp³-hybridized carbons (Fsp3) is 0.0526. The number of hydrogen-bond donors (Lipinski definition) is 5. The maximum atomic E-state index is 11.1. The van der Waals surface area contributed by atoms with Gasteiger partial charge in [0.1, 0.15) is 5.69 Å². The molecule has 0 unspecified atom stereocenters. The predicted octanol–water partition coefficient (Wildman–Crippen LogP) is 3.66. The average Bonchev–Trinajstić information content (AvgIpc) is 3.22. The second-order valence-electron chi connectivity index (χ2n) is 6.05. The van der Waals surface area contributed by atoms with Crippen LogP contribution in [0.2, 0.25) is 0 Å². The monoisotopic (exact) mass is 349 g/mol. The van der Waals surface area contributed by atoms with E-state index in [1.807, 2.05) is 24.3 Å². The number of carboxylic acids is 2. The molecule has 4 rings (SSSR count). The van der Waals surface area contributed by atoms with Crippen LogP contribution in [0.3, 0.4) is 0 Å². The van der Waals surface area contributed by atoms with Crippen molar-refractivity contribution in [3.8, 4) is 0 Å². The minimum absolute atomic E-state index is 0.155. The lowest BCUT2D eigenvalue weighted by Crippen LogP contribution is -1.99. The normalized spacial score (nSPS) is 11.1. The van der Waals surface area contributed by atoms with Crippen molar-refractivity contribution in [3.63, 3.8) is 0 Å². The van der Waals surface area contributed by atoms with Gasteiger partial charge in [-0.15, -0.1) is 0 Å². The van der Waals surface area contributed by atoms with Crippen molar-refractivity contribution in [2.24, 2.45) is 0 Å². The van der Waals surface area contributed by atoms with Gasteiger partial charge in [-0.25, -0.2) is 9.59 Å². The van der Waals surface area contributed by atoms with Crippen LogP contribution in [0.1, 0.15) is 26.5 Å². The summed E-state index contributed by atoms with van der Waals surface area (Å²) in [5.41, 5.74) is 3.82. The Morgan fingerprint density at radius 2 is 1.58 bits per heavy atom. The van der Waals surface area contributed by atoms with Gasteiger partial charge in [-0.2, -0.15) is 0 Å². The van der Waals surface area contributed by atoms with E-state index in [-0.39, 0.29) is 11.3 Å². The first-order chi connectivity index (χ1) is 12.5. The van der Waals surface area contributed by atoms with Crippen LogP contribution in [0.4, 0.5) is 5.69 Å². The van der Waals surface area contributed by atoms with Crippen molar-refractivity contribution in [2.75, 3.05) is 5.32 Å². The molecule has 0 aliphatic rings. The van der Waals surface area contributed by atoms with Crippen LogP contribution in [-0.2, 0) is 6.54 Å². The molecule has 0 saturated heterocycles. The number of aromatic carboxylic acids is 2. The first kappa shape index (κ1) is 15.8. The summed E-state index contributed by atoms with van der Waals surface area (Å²) >= 11 is 0. The number of benzene rings is 2. The highest BCUT2D eigenvalue weighted by molar-refractivity contribution is 5.95. The van der Waals surface area contributed by atoms with Crippen LogP contribution in [0.25, 0.3) is 21.8 Å². The van der Waals surface area contributed by atoms with Gasteiger partial charge < -0.3 is 25.5 Å². The summed E-state index contributed by atoms with van der Waals surface area (Å²) in [7, 11) is 0. The molecule has 0 bridgehead atoms. The molecule has 0 amide bonds. The van der Waals surface area contributed by atoms with Gasteiger partial charge >= 0.3 is 11.9 Å². The van der Waals surface area contributed by atoms with Gasteiger partial charge in [0.05, 0.1) is 12.1 Å². The summed E-state index contributed by atoms with van der Waals surface area (Å²) < 4.78 is 0. The molecule has 0 atom stereocenters. The van der Waals surface area contributed by atoms with Crippen molar-refractivity contribution in [3.05, 3.63) is 65.5 Å². The van der Waals surface area contributed by atoms with Gasteiger partial charge in [-0.3, -0.25) is 0 Å². The number of aromatic nitrogens is 2. The number of nitrogens with one attached hydrogen (secondary N) is 3. The molecule has 2 aromatic carbocycles. The number of fused-ring (bicyclic) bond motifs is 2. The molecule has 2 aromatic heterocycles. The van der Waals surface area contributed by atoms with Crippen molar-refractivity contribution >= 4 is 39.4 Å². The first-order valence-electron chi connectivity index (χ1n) is 7.94. The minimum Gasteiger partial charge on any atom is -0.478 e. The Kier molecular flexibility index (Phi) is 3.62. The Hall–Kier alpha value is -3.74. The lowest BCUT2D eigenvalue weighted by molar-refractivity contribution is 0.0683. The van der Waals surface area contributed by atoms with Crippen LogP contribution in [0.5, 0.6) is 0 Å². The smallest absolute Gasteiger partial charge is 0.352 e. The lowest BCUT2D eigenvalue weighted by atomic mass is 10.1. The summed E-state index contributed by atoms with van der Waals surface area (Å²) in [6.07, 6.45) is 0. The van der Waals surface area contributed by atoms with Crippen molar-refractivity contribution in [1.82, 2.24) is 9.97 Å². The highest BCUT2D eigenvalue weighted by Crippen LogP contribution is 2.22. The fourth-order valence-corrected chi connectivity index (χ4v) is 2.98. The van der Waals surface area contributed by atoms with Crippen molar-refractivity contribution in [1.29, 1.82) is 0 Å². The molecular formula is C19H15N3O4. The summed E-state index contributed by atoms with van der Waals surface area (Å²) in [5.74, 6) is -1.94. The molecule has 0 saturated carbocycles. The third-order valence-corrected chi connectivity index (χ3v) is 4.26. The van der Waals surface area contributed by atoms with Crippen LogP contribution in [0.15, 0.2) is 48.5 Å². The van der Waals surface area contributed by atoms with E-state index in [4.69, 9.17) is 10.2 Å². The summed E-state index contributed by atoms with van der Waals surface area (Å²) in [6, 6.07) is 14.0. The SMILES string of the molecule is O=C(O)c1ccc2[nH]c(CNc3ccc4[nH]c(C(=O)O)cc4c3)cc2c1. The van der Waals surface area contributed by atoms with E-state index in [2.05, 4.69) is 15.3 Å². The van der Waals surface area contributed by atoms with Crippen LogP contribution >= 0.6 is 0 Å². The minimum atomic E-state index is -0.991. The zero-order valence-corrected chi connectivity index (χ0v) is 13.5. The molecule has 0 aliphatic heterocycles. The number of aromatic amines is 2. The third-order valence-electron chi connectivity index (χ3n) is 4.26. The number of anilines is 1. The fourth-order valence-electron chi connectivity index (χ4n) is 2.98.